The van der Waals surface area contributed by atoms with Crippen molar-refractivity contribution in [1.82, 2.24) is 0 Å². The molecule has 1 saturated carbocycles. The number of nitrogens with two attached hydrogens (primary N) is 1. The molecule has 0 atom stereocenters. The van der Waals surface area contributed by atoms with Gasteiger partial charge in [-0.15, -0.1) is 0 Å². The average Bonchev–Trinajstić information content (AvgIpc) is 2.66. The van der Waals surface area contributed by atoms with Gasteiger partial charge in [-0.2, -0.15) is 0 Å². The van der Waals surface area contributed by atoms with Crippen LogP contribution in [0.1, 0.15) is 45.1 Å². The van der Waals surface area contributed by atoms with Crippen LogP contribution in [0.5, 0.6) is 5.75 Å². The third kappa shape index (κ3) is 2.22. The minimum atomic E-state index is -0.161. The lowest BCUT2D eigenvalue weighted by molar-refractivity contribution is 0.234. The molecular formula is C14H21NO. The van der Waals surface area contributed by atoms with Gasteiger partial charge < -0.3 is 10.5 Å². The molecule has 1 aromatic carbocycles. The molecule has 0 unspecified atom stereocenters. The van der Waals surface area contributed by atoms with Gasteiger partial charge in [0.2, 0.25) is 0 Å². The van der Waals surface area contributed by atoms with Crippen LogP contribution in [0.3, 0.4) is 0 Å². The number of benzene rings is 1. The van der Waals surface area contributed by atoms with Gasteiger partial charge in [-0.1, -0.05) is 31.0 Å². The molecule has 0 saturated heterocycles. The topological polar surface area (TPSA) is 35.2 Å². The maximum absolute atomic E-state index is 6.48. The Balaban J connectivity index is 2.32. The molecule has 1 aliphatic rings. The predicted octanol–water partition coefficient (Wildman–Crippen LogP) is 3.20. The molecule has 1 aliphatic carbocycles. The summed E-state index contributed by atoms with van der Waals surface area (Å²) in [5.41, 5.74) is 7.50. The first-order chi connectivity index (χ1) is 7.62. The first-order valence-corrected chi connectivity index (χ1v) is 6.17. The minimum Gasteiger partial charge on any atom is -0.491 e. The van der Waals surface area contributed by atoms with Crippen molar-refractivity contribution >= 4 is 0 Å². The fourth-order valence-corrected chi connectivity index (χ4v) is 2.51. The summed E-state index contributed by atoms with van der Waals surface area (Å²) in [6.07, 6.45) is 4.81. The lowest BCUT2D eigenvalue weighted by Crippen LogP contribution is -2.33. The predicted molar refractivity (Wildman–Crippen MR) is 66.5 cm³/mol. The lowest BCUT2D eigenvalue weighted by Gasteiger charge is -2.27. The maximum Gasteiger partial charge on any atom is 0.124 e. The number of rotatable bonds is 3. The first-order valence-electron chi connectivity index (χ1n) is 6.17. The van der Waals surface area contributed by atoms with Crippen LogP contribution in [0.15, 0.2) is 24.3 Å². The van der Waals surface area contributed by atoms with Crippen molar-refractivity contribution in [2.24, 2.45) is 5.73 Å². The highest BCUT2D eigenvalue weighted by molar-refractivity contribution is 5.39. The summed E-state index contributed by atoms with van der Waals surface area (Å²) in [4.78, 5) is 0. The zero-order chi connectivity index (χ0) is 11.6. The standard InChI is InChI=1S/C14H21NO/c1-11(2)16-13-8-4-3-7-12(13)14(15)9-5-6-10-14/h3-4,7-8,11H,5-6,9-10,15H2,1-2H3. The molecule has 1 aromatic rings. The Hall–Kier alpha value is -1.02. The second-order valence-corrected chi connectivity index (χ2v) is 5.03. The van der Waals surface area contributed by atoms with Crippen molar-refractivity contribution in [3.63, 3.8) is 0 Å². The van der Waals surface area contributed by atoms with Gasteiger partial charge in [0.25, 0.3) is 0 Å². The Morgan fingerprint density at radius 2 is 1.81 bits per heavy atom. The molecule has 0 aliphatic heterocycles. The van der Waals surface area contributed by atoms with E-state index in [1.54, 1.807) is 0 Å². The van der Waals surface area contributed by atoms with Crippen LogP contribution in [0, 0.1) is 0 Å². The highest BCUT2D eigenvalue weighted by atomic mass is 16.5. The van der Waals surface area contributed by atoms with E-state index in [9.17, 15) is 0 Å². The monoisotopic (exact) mass is 219 g/mol. The van der Waals surface area contributed by atoms with Crippen molar-refractivity contribution in [3.05, 3.63) is 29.8 Å². The molecule has 2 rings (SSSR count). The molecule has 88 valence electrons. The van der Waals surface area contributed by atoms with Crippen molar-refractivity contribution in [2.75, 3.05) is 0 Å². The summed E-state index contributed by atoms with van der Waals surface area (Å²) in [7, 11) is 0. The molecule has 0 aromatic heterocycles. The van der Waals surface area contributed by atoms with Crippen LogP contribution in [0.2, 0.25) is 0 Å². The van der Waals surface area contributed by atoms with E-state index in [1.807, 2.05) is 12.1 Å². The van der Waals surface area contributed by atoms with Gasteiger partial charge >= 0.3 is 0 Å². The molecule has 0 spiro atoms. The van der Waals surface area contributed by atoms with Gasteiger partial charge in [-0.25, -0.2) is 0 Å². The molecule has 2 nitrogen and oxygen atoms in total. The Kier molecular flexibility index (Phi) is 3.20. The van der Waals surface area contributed by atoms with E-state index in [-0.39, 0.29) is 11.6 Å². The summed E-state index contributed by atoms with van der Waals surface area (Å²) in [6, 6.07) is 8.21. The van der Waals surface area contributed by atoms with E-state index in [1.165, 1.54) is 18.4 Å². The van der Waals surface area contributed by atoms with E-state index in [0.29, 0.717) is 0 Å². The molecule has 16 heavy (non-hydrogen) atoms. The molecule has 1 fully saturated rings. The van der Waals surface area contributed by atoms with Crippen molar-refractivity contribution in [2.45, 2.75) is 51.2 Å². The second kappa shape index (κ2) is 4.46. The molecule has 0 radical (unpaired) electrons. The van der Waals surface area contributed by atoms with Gasteiger partial charge in [-0.3, -0.25) is 0 Å². The van der Waals surface area contributed by atoms with Crippen LogP contribution >= 0.6 is 0 Å². The van der Waals surface area contributed by atoms with Crippen molar-refractivity contribution in [1.29, 1.82) is 0 Å². The van der Waals surface area contributed by atoms with Crippen LogP contribution in [-0.2, 0) is 5.54 Å². The summed E-state index contributed by atoms with van der Waals surface area (Å²) in [6.45, 7) is 4.10. The van der Waals surface area contributed by atoms with Crippen LogP contribution in [0.4, 0.5) is 0 Å². The van der Waals surface area contributed by atoms with Crippen molar-refractivity contribution < 1.29 is 4.74 Å². The summed E-state index contributed by atoms with van der Waals surface area (Å²) >= 11 is 0. The highest BCUT2D eigenvalue weighted by Crippen LogP contribution is 2.40. The van der Waals surface area contributed by atoms with Gasteiger partial charge in [0, 0.05) is 11.1 Å². The average molecular weight is 219 g/mol. The SMILES string of the molecule is CC(C)Oc1ccccc1C1(N)CCCC1. The fourth-order valence-electron chi connectivity index (χ4n) is 2.51. The Labute approximate surface area is 97.8 Å². The molecule has 0 amide bonds. The lowest BCUT2D eigenvalue weighted by atomic mass is 9.89. The Morgan fingerprint density at radius 1 is 1.19 bits per heavy atom. The number of para-hydroxylation sites is 1. The summed E-state index contributed by atoms with van der Waals surface area (Å²) < 4.78 is 5.84. The third-order valence-corrected chi connectivity index (χ3v) is 3.28. The van der Waals surface area contributed by atoms with Gasteiger partial charge in [-0.05, 0) is 32.8 Å². The van der Waals surface area contributed by atoms with Crippen LogP contribution in [-0.4, -0.2) is 6.10 Å². The normalized spacial score (nSPS) is 19.0. The van der Waals surface area contributed by atoms with Gasteiger partial charge in [0.05, 0.1) is 6.10 Å². The van der Waals surface area contributed by atoms with E-state index in [2.05, 4.69) is 26.0 Å². The quantitative estimate of drug-likeness (QED) is 0.847. The van der Waals surface area contributed by atoms with E-state index < -0.39 is 0 Å². The van der Waals surface area contributed by atoms with Crippen LogP contribution in [0.25, 0.3) is 0 Å². The summed E-state index contributed by atoms with van der Waals surface area (Å²) in [5, 5.41) is 0. The highest BCUT2D eigenvalue weighted by Gasteiger charge is 2.33. The van der Waals surface area contributed by atoms with Crippen molar-refractivity contribution in [3.8, 4) is 5.75 Å². The molecule has 0 bridgehead atoms. The largest absolute Gasteiger partial charge is 0.491 e. The number of hydrogen-bond donors (Lipinski definition) is 1. The third-order valence-electron chi connectivity index (χ3n) is 3.28. The Bertz CT molecular complexity index is 354. The summed E-state index contributed by atoms with van der Waals surface area (Å²) in [5.74, 6) is 0.960. The smallest absolute Gasteiger partial charge is 0.124 e. The second-order valence-electron chi connectivity index (χ2n) is 5.03. The Morgan fingerprint density at radius 3 is 2.44 bits per heavy atom. The zero-order valence-corrected chi connectivity index (χ0v) is 10.2. The molecule has 2 heteroatoms. The van der Waals surface area contributed by atoms with E-state index in [4.69, 9.17) is 10.5 Å². The molecule has 2 N–H and O–H groups in total. The fraction of sp³-hybridized carbons (Fsp3) is 0.571. The molecule has 0 heterocycles. The first kappa shape index (κ1) is 11.5. The van der Waals surface area contributed by atoms with Gasteiger partial charge in [0.15, 0.2) is 0 Å². The van der Waals surface area contributed by atoms with Gasteiger partial charge in [0.1, 0.15) is 5.75 Å². The maximum atomic E-state index is 6.48. The number of ether oxygens (including phenoxy) is 1. The molecular weight excluding hydrogens is 198 g/mol. The number of hydrogen-bond acceptors (Lipinski definition) is 2. The van der Waals surface area contributed by atoms with E-state index in [0.717, 1.165) is 18.6 Å². The van der Waals surface area contributed by atoms with Crippen LogP contribution < -0.4 is 10.5 Å². The van der Waals surface area contributed by atoms with E-state index >= 15 is 0 Å². The zero-order valence-electron chi connectivity index (χ0n) is 10.2. The minimum absolute atomic E-state index is 0.161.